The molecule has 2 saturated heterocycles. The summed E-state index contributed by atoms with van der Waals surface area (Å²) in [4.78, 5) is 62.1. The van der Waals surface area contributed by atoms with Crippen molar-refractivity contribution in [1.82, 2.24) is 25.5 Å². The number of para-hydroxylation sites is 1. The van der Waals surface area contributed by atoms with Crippen LogP contribution in [0.15, 0.2) is 60.8 Å². The van der Waals surface area contributed by atoms with Crippen molar-refractivity contribution in [2.24, 2.45) is 0 Å². The number of piperidine rings is 2. The van der Waals surface area contributed by atoms with Gasteiger partial charge < -0.3 is 30.2 Å². The molecule has 7 rings (SSSR count). The number of carbonyl (C=O) groups is 4. The second kappa shape index (κ2) is 15.4. The van der Waals surface area contributed by atoms with E-state index in [1.807, 2.05) is 42.5 Å². The maximum atomic E-state index is 15.2. The number of hydrogen-bond acceptors (Lipinski definition) is 12. The Morgan fingerprint density at radius 1 is 0.982 bits per heavy atom. The Morgan fingerprint density at radius 3 is 2.47 bits per heavy atom. The van der Waals surface area contributed by atoms with Crippen molar-refractivity contribution in [1.29, 1.82) is 0 Å². The van der Waals surface area contributed by atoms with Crippen LogP contribution < -0.4 is 36.2 Å². The number of hydrogen-bond donors (Lipinski definition) is 4. The Hall–Kier alpha value is -5.37. The second-order valence-electron chi connectivity index (χ2n) is 14.0. The number of nitrogens with zero attached hydrogens (tertiary/aromatic N) is 4. The topological polar surface area (TPSA) is 175 Å². The fourth-order valence-electron chi connectivity index (χ4n) is 7.10. The van der Waals surface area contributed by atoms with E-state index in [4.69, 9.17) is 16.3 Å². The first-order chi connectivity index (χ1) is 26.3. The van der Waals surface area contributed by atoms with Gasteiger partial charge in [0, 0.05) is 49.2 Å². The van der Waals surface area contributed by atoms with Crippen LogP contribution in [0.25, 0.3) is 0 Å². The summed E-state index contributed by atoms with van der Waals surface area (Å²) >= 11 is 6.44. The molecular formula is C38H39ClFN8O6P. The van der Waals surface area contributed by atoms with Gasteiger partial charge in [-0.3, -0.25) is 29.4 Å². The maximum absolute atomic E-state index is 15.2. The van der Waals surface area contributed by atoms with Crippen LogP contribution in [0.2, 0.25) is 5.02 Å². The third kappa shape index (κ3) is 7.91. The average Bonchev–Trinajstić information content (AvgIpc) is 3.41. The number of carbonyl (C=O) groups excluding carboxylic acids is 4. The number of aromatic nitrogens is 2. The monoisotopic (exact) mass is 788 g/mol. The van der Waals surface area contributed by atoms with Gasteiger partial charge >= 0.3 is 0 Å². The number of ether oxygens (including phenoxy) is 1. The number of fused-ring (bicyclic) bond motifs is 1. The molecule has 4 heterocycles. The number of rotatable bonds is 11. The Morgan fingerprint density at radius 2 is 1.75 bits per heavy atom. The quantitative estimate of drug-likeness (QED) is 0.116. The Balaban J connectivity index is 0.961. The highest BCUT2D eigenvalue weighted by Gasteiger charge is 2.46. The van der Waals surface area contributed by atoms with Gasteiger partial charge in [0.25, 0.3) is 11.8 Å². The lowest BCUT2D eigenvalue weighted by atomic mass is 10.0. The molecule has 1 atom stereocenters. The van der Waals surface area contributed by atoms with Gasteiger partial charge in [0.1, 0.15) is 29.8 Å². The molecular weight excluding hydrogens is 750 g/mol. The zero-order valence-electron chi connectivity index (χ0n) is 30.3. The summed E-state index contributed by atoms with van der Waals surface area (Å²) in [7, 11) is -0.995. The number of imide groups is 2. The number of methoxy groups -OCH3 is 1. The molecule has 14 nitrogen and oxygen atoms in total. The third-order valence-electron chi connectivity index (χ3n) is 9.92. The second-order valence-corrected chi connectivity index (χ2v) is 17.6. The smallest absolute Gasteiger partial charge is 0.265 e. The number of nitrogens with one attached hydrogen (secondary N) is 4. The van der Waals surface area contributed by atoms with Crippen LogP contribution in [0.5, 0.6) is 5.75 Å². The van der Waals surface area contributed by atoms with Crippen molar-refractivity contribution < 1.29 is 32.9 Å². The van der Waals surface area contributed by atoms with Crippen molar-refractivity contribution in [2.45, 2.75) is 44.3 Å². The van der Waals surface area contributed by atoms with E-state index in [-0.39, 0.29) is 42.5 Å². The van der Waals surface area contributed by atoms with E-state index in [1.165, 1.54) is 18.3 Å². The minimum absolute atomic E-state index is 0.00267. The number of amides is 4. The van der Waals surface area contributed by atoms with Crippen LogP contribution in [0.4, 0.5) is 33.2 Å². The average molecular weight is 789 g/mol. The van der Waals surface area contributed by atoms with E-state index < -0.39 is 42.6 Å². The third-order valence-corrected chi connectivity index (χ3v) is 11.7. The highest BCUT2D eigenvalue weighted by Crippen LogP contribution is 2.39. The molecule has 0 bridgehead atoms. The molecule has 1 unspecified atom stereocenters. The van der Waals surface area contributed by atoms with Gasteiger partial charge in [0.15, 0.2) is 5.82 Å². The molecule has 17 heteroatoms. The molecule has 4 amide bonds. The Bertz CT molecular complexity index is 2260. The van der Waals surface area contributed by atoms with E-state index in [2.05, 4.69) is 36.1 Å². The lowest BCUT2D eigenvalue weighted by molar-refractivity contribution is -0.136. The Labute approximate surface area is 321 Å². The van der Waals surface area contributed by atoms with Gasteiger partial charge in [-0.15, -0.1) is 0 Å². The van der Waals surface area contributed by atoms with E-state index in [0.29, 0.717) is 38.8 Å². The van der Waals surface area contributed by atoms with Gasteiger partial charge in [-0.2, -0.15) is 4.98 Å². The van der Waals surface area contributed by atoms with Crippen LogP contribution in [0.1, 0.15) is 52.0 Å². The molecule has 0 saturated carbocycles. The summed E-state index contributed by atoms with van der Waals surface area (Å²) in [6.07, 6.45) is 3.05. The Kier molecular flexibility index (Phi) is 10.6. The molecule has 0 aliphatic carbocycles. The van der Waals surface area contributed by atoms with Crippen molar-refractivity contribution >= 4 is 76.5 Å². The first-order valence-electron chi connectivity index (χ1n) is 17.7. The summed E-state index contributed by atoms with van der Waals surface area (Å²) in [5, 5.41) is 13.0. The minimum Gasteiger partial charge on any atom is -0.494 e. The molecule has 3 aliphatic rings. The highest BCUT2D eigenvalue weighted by molar-refractivity contribution is 7.70. The van der Waals surface area contributed by atoms with Crippen molar-refractivity contribution in [2.75, 3.05) is 49.1 Å². The van der Waals surface area contributed by atoms with Crippen molar-refractivity contribution in [3.05, 3.63) is 88.3 Å². The van der Waals surface area contributed by atoms with Crippen LogP contribution in [0, 0.1) is 5.82 Å². The van der Waals surface area contributed by atoms with E-state index in [1.54, 1.807) is 20.4 Å². The summed E-state index contributed by atoms with van der Waals surface area (Å²) in [5.41, 5.74) is 2.32. The van der Waals surface area contributed by atoms with E-state index >= 15 is 4.39 Å². The summed E-state index contributed by atoms with van der Waals surface area (Å²) in [5.74, 6) is -2.44. The maximum Gasteiger partial charge on any atom is 0.265 e. The standard InChI is InChI=1S/C38H39ClFN8O6P/c1-54-30-18-23(8-9-27(30)44-38-42-20-25(39)34(46-38)43-28-6-4-5-7-31(28)55(2,3)53)47-14-12-22(13-15-47)41-19-21-16-24-33(26(40)17-21)37(52)48(36(24)51)29-10-11-32(49)45-35(29)50/h4-9,16-18,20,22,29,41H,10-15,19H2,1-3H3,(H,45,49,50)(H2,42,43,44,46). The number of benzene rings is 3. The lowest BCUT2D eigenvalue weighted by Crippen LogP contribution is -2.54. The fraction of sp³-hybridized carbons (Fsp3) is 0.316. The molecule has 1 aromatic heterocycles. The highest BCUT2D eigenvalue weighted by atomic mass is 35.5. The van der Waals surface area contributed by atoms with Gasteiger partial charge in [-0.05, 0) is 74.6 Å². The zero-order valence-corrected chi connectivity index (χ0v) is 32.0. The first kappa shape index (κ1) is 37.9. The first-order valence-corrected chi connectivity index (χ1v) is 20.7. The molecule has 4 aromatic rings. The summed E-state index contributed by atoms with van der Waals surface area (Å²) < 4.78 is 33.8. The number of anilines is 5. The predicted octanol–water partition coefficient (Wildman–Crippen LogP) is 5.17. The fourth-order valence-corrected chi connectivity index (χ4v) is 8.39. The van der Waals surface area contributed by atoms with Gasteiger partial charge in [0.05, 0.1) is 35.8 Å². The SMILES string of the molecule is COc1cc(N2CCC(NCc3cc(F)c4c(c3)C(=O)N(C3CCC(=O)NC3=O)C4=O)CC2)ccc1Nc1ncc(Cl)c(Nc2ccccc2P(C)(C)=O)n1. The molecule has 3 aliphatic heterocycles. The predicted molar refractivity (Wildman–Crippen MR) is 207 cm³/mol. The van der Waals surface area contributed by atoms with Crippen molar-refractivity contribution in [3.8, 4) is 5.75 Å². The van der Waals surface area contributed by atoms with Crippen LogP contribution >= 0.6 is 18.7 Å². The normalized spacial score (nSPS) is 17.7. The van der Waals surface area contributed by atoms with Crippen LogP contribution in [-0.4, -0.2) is 84.1 Å². The molecule has 2 fully saturated rings. The van der Waals surface area contributed by atoms with Crippen LogP contribution in [0.3, 0.4) is 0 Å². The molecule has 0 spiro atoms. The molecule has 3 aromatic carbocycles. The lowest BCUT2D eigenvalue weighted by Gasteiger charge is -2.34. The van der Waals surface area contributed by atoms with Gasteiger partial charge in [0.2, 0.25) is 17.8 Å². The largest absolute Gasteiger partial charge is 0.494 e. The zero-order chi connectivity index (χ0) is 39.0. The molecule has 0 radical (unpaired) electrons. The van der Waals surface area contributed by atoms with Gasteiger partial charge in [-0.25, -0.2) is 9.37 Å². The van der Waals surface area contributed by atoms with Gasteiger partial charge in [-0.1, -0.05) is 23.7 Å². The molecule has 55 heavy (non-hydrogen) atoms. The van der Waals surface area contributed by atoms with Crippen molar-refractivity contribution in [3.63, 3.8) is 0 Å². The molecule has 4 N–H and O–H groups in total. The van der Waals surface area contributed by atoms with E-state index in [0.717, 1.165) is 36.5 Å². The summed E-state index contributed by atoms with van der Waals surface area (Å²) in [6, 6.07) is 14.8. The minimum atomic E-state index is -2.58. The number of halogens is 2. The van der Waals surface area contributed by atoms with E-state index in [9.17, 15) is 23.7 Å². The molecule has 286 valence electrons. The van der Waals surface area contributed by atoms with Crippen LogP contribution in [-0.2, 0) is 20.7 Å². The summed E-state index contributed by atoms with van der Waals surface area (Å²) in [6.45, 7) is 5.15.